The molecule has 0 bridgehead atoms. The Hall–Kier alpha value is -2.17. The van der Waals surface area contributed by atoms with Crippen molar-refractivity contribution in [3.8, 4) is 6.07 Å². The molecule has 0 amide bonds. The Morgan fingerprint density at radius 2 is 2.19 bits per heavy atom. The summed E-state index contributed by atoms with van der Waals surface area (Å²) >= 11 is 2.66. The molecule has 2 aromatic rings. The van der Waals surface area contributed by atoms with Gasteiger partial charge in [-0.2, -0.15) is 5.26 Å². The van der Waals surface area contributed by atoms with Crippen molar-refractivity contribution in [2.24, 2.45) is 0 Å². The highest BCUT2D eigenvalue weighted by Crippen LogP contribution is 2.27. The molecule has 0 radical (unpaired) electrons. The van der Waals surface area contributed by atoms with Crippen LogP contribution in [0.25, 0.3) is 0 Å². The summed E-state index contributed by atoms with van der Waals surface area (Å²) < 4.78 is 5.05. The second-order valence-corrected chi connectivity index (χ2v) is 8.03. The first kappa shape index (κ1) is 18.6. The largest absolute Gasteiger partial charge is 0.457 e. The zero-order valence-electron chi connectivity index (χ0n) is 14.4. The molecule has 1 heterocycles. The number of nitriles is 1. The number of aryl methyl sites for hydroxylation is 3. The quantitative estimate of drug-likeness (QED) is 0.536. The monoisotopic (exact) mass is 386 g/mol. The number of aromatic nitrogens is 1. The number of rotatable bonds is 7. The van der Waals surface area contributed by atoms with Gasteiger partial charge in [0, 0.05) is 16.0 Å². The van der Waals surface area contributed by atoms with Gasteiger partial charge in [-0.15, -0.1) is 23.1 Å². The van der Waals surface area contributed by atoms with Crippen LogP contribution in [0.1, 0.15) is 34.2 Å². The molecule has 0 aliphatic heterocycles. The Morgan fingerprint density at radius 1 is 1.38 bits per heavy atom. The third-order valence-electron chi connectivity index (χ3n) is 4.14. The Morgan fingerprint density at radius 3 is 2.92 bits per heavy atom. The number of nitrogens with zero attached hydrogens (tertiary/aromatic N) is 2. The van der Waals surface area contributed by atoms with Crippen LogP contribution in [0.2, 0.25) is 0 Å². The Balaban J connectivity index is 1.47. The van der Waals surface area contributed by atoms with Gasteiger partial charge in [-0.3, -0.25) is 9.59 Å². The van der Waals surface area contributed by atoms with Crippen molar-refractivity contribution in [3.05, 3.63) is 45.4 Å². The normalized spacial score (nSPS) is 13.7. The molecule has 1 aromatic heterocycles. The zero-order valence-corrected chi connectivity index (χ0v) is 16.0. The highest BCUT2D eigenvalue weighted by atomic mass is 32.2. The topological polar surface area (TPSA) is 80.0 Å². The molecule has 26 heavy (non-hydrogen) atoms. The number of ether oxygens (including phenoxy) is 1. The summed E-state index contributed by atoms with van der Waals surface area (Å²) in [6.45, 7) is 1.40. The molecule has 0 saturated heterocycles. The molecule has 1 atom stereocenters. The summed E-state index contributed by atoms with van der Waals surface area (Å²) in [5.41, 5.74) is 3.51. The molecular formula is C19H18N2O3S2. The fraction of sp³-hybridized carbons (Fsp3) is 0.368. The standard InChI is InChI=1S/C19H18N2O3S2/c1-12-10-26-19(21-12)16(8-20)17(22)9-24-18(23)11-25-15-6-5-13-3-2-4-14(13)7-15/h5-7,10,16H,2-4,9,11H2,1H3. The van der Waals surface area contributed by atoms with Crippen LogP contribution in [0.3, 0.4) is 0 Å². The number of Topliss-reactive ketones (excluding diaryl/α,β-unsaturated/α-hetero) is 1. The maximum atomic E-state index is 12.2. The van der Waals surface area contributed by atoms with E-state index in [1.54, 1.807) is 12.3 Å². The second-order valence-electron chi connectivity index (χ2n) is 6.09. The van der Waals surface area contributed by atoms with Gasteiger partial charge in [-0.1, -0.05) is 6.07 Å². The smallest absolute Gasteiger partial charge is 0.316 e. The maximum absolute atomic E-state index is 12.2. The number of ketones is 1. The lowest BCUT2D eigenvalue weighted by Crippen LogP contribution is -2.20. The first-order chi connectivity index (χ1) is 12.6. The van der Waals surface area contributed by atoms with E-state index in [0.29, 0.717) is 5.01 Å². The van der Waals surface area contributed by atoms with Crippen molar-refractivity contribution in [1.29, 1.82) is 5.26 Å². The Bertz CT molecular complexity index is 870. The maximum Gasteiger partial charge on any atom is 0.316 e. The minimum atomic E-state index is -0.981. The van der Waals surface area contributed by atoms with Crippen molar-refractivity contribution in [3.63, 3.8) is 0 Å². The molecular weight excluding hydrogens is 368 g/mol. The fourth-order valence-corrected chi connectivity index (χ4v) is 4.45. The predicted octanol–water partition coefficient (Wildman–Crippen LogP) is 3.45. The number of carbonyl (C=O) groups is 2. The number of carbonyl (C=O) groups excluding carboxylic acids is 2. The molecule has 1 aromatic carbocycles. The van der Waals surface area contributed by atoms with E-state index in [2.05, 4.69) is 17.1 Å². The van der Waals surface area contributed by atoms with Gasteiger partial charge in [0.1, 0.15) is 5.01 Å². The van der Waals surface area contributed by atoms with Crippen LogP contribution in [0.4, 0.5) is 0 Å². The first-order valence-corrected chi connectivity index (χ1v) is 10.2. The van der Waals surface area contributed by atoms with Crippen LogP contribution < -0.4 is 0 Å². The zero-order chi connectivity index (χ0) is 18.5. The van der Waals surface area contributed by atoms with Crippen molar-refractivity contribution in [1.82, 2.24) is 4.98 Å². The van der Waals surface area contributed by atoms with Crippen molar-refractivity contribution >= 4 is 34.9 Å². The first-order valence-electron chi connectivity index (χ1n) is 8.31. The number of benzene rings is 1. The lowest BCUT2D eigenvalue weighted by atomic mass is 10.1. The van der Waals surface area contributed by atoms with Crippen LogP contribution in [0, 0.1) is 18.3 Å². The summed E-state index contributed by atoms with van der Waals surface area (Å²) in [6, 6.07) is 8.20. The predicted molar refractivity (Wildman–Crippen MR) is 100 cm³/mol. The third-order valence-corrected chi connectivity index (χ3v) is 6.13. The summed E-state index contributed by atoms with van der Waals surface area (Å²) in [5.74, 6) is -1.75. The summed E-state index contributed by atoms with van der Waals surface area (Å²) in [5, 5.41) is 11.4. The second kappa shape index (κ2) is 8.47. The Labute approximate surface area is 160 Å². The van der Waals surface area contributed by atoms with E-state index in [-0.39, 0.29) is 5.75 Å². The average molecular weight is 386 g/mol. The fourth-order valence-electron chi connectivity index (χ4n) is 2.83. The number of esters is 1. The lowest BCUT2D eigenvalue weighted by molar-refractivity contribution is -0.145. The number of fused-ring (bicyclic) bond motifs is 1. The van der Waals surface area contributed by atoms with Crippen molar-refractivity contribution < 1.29 is 14.3 Å². The molecule has 0 spiro atoms. The molecule has 7 heteroatoms. The number of thioether (sulfide) groups is 1. The lowest BCUT2D eigenvalue weighted by Gasteiger charge is -2.07. The van der Waals surface area contributed by atoms with Gasteiger partial charge in [-0.25, -0.2) is 4.98 Å². The SMILES string of the molecule is Cc1csc(C(C#N)C(=O)COC(=O)CSc2ccc3c(c2)CCC3)n1. The molecule has 5 nitrogen and oxygen atoms in total. The molecule has 3 rings (SSSR count). The van der Waals surface area contributed by atoms with Crippen LogP contribution >= 0.6 is 23.1 Å². The van der Waals surface area contributed by atoms with E-state index < -0.39 is 24.3 Å². The summed E-state index contributed by atoms with van der Waals surface area (Å²) in [4.78, 5) is 29.3. The van der Waals surface area contributed by atoms with E-state index in [1.807, 2.05) is 12.1 Å². The van der Waals surface area contributed by atoms with Gasteiger partial charge < -0.3 is 4.74 Å². The van der Waals surface area contributed by atoms with Crippen LogP contribution in [-0.2, 0) is 27.2 Å². The van der Waals surface area contributed by atoms with E-state index in [0.717, 1.165) is 23.4 Å². The van der Waals surface area contributed by atoms with Crippen LogP contribution in [0.5, 0.6) is 0 Å². The van der Waals surface area contributed by atoms with Gasteiger partial charge in [0.25, 0.3) is 0 Å². The third kappa shape index (κ3) is 4.51. The molecule has 0 saturated carbocycles. The molecule has 0 N–H and O–H groups in total. The average Bonchev–Trinajstić information content (AvgIpc) is 3.27. The number of thiazole rings is 1. The minimum absolute atomic E-state index is 0.139. The number of hydrogen-bond donors (Lipinski definition) is 0. The van der Waals surface area contributed by atoms with E-state index in [9.17, 15) is 14.9 Å². The van der Waals surface area contributed by atoms with Gasteiger partial charge in [0.2, 0.25) is 0 Å². The highest BCUT2D eigenvalue weighted by Gasteiger charge is 2.24. The van der Waals surface area contributed by atoms with Crippen LogP contribution in [0.15, 0.2) is 28.5 Å². The molecule has 0 fully saturated rings. The highest BCUT2D eigenvalue weighted by molar-refractivity contribution is 8.00. The molecule has 1 aliphatic carbocycles. The Kier molecular flexibility index (Phi) is 6.07. The molecule has 1 aliphatic rings. The summed E-state index contributed by atoms with van der Waals surface area (Å²) in [6.07, 6.45) is 3.41. The van der Waals surface area contributed by atoms with Gasteiger partial charge >= 0.3 is 5.97 Å². The molecule has 1 unspecified atom stereocenters. The molecule has 134 valence electrons. The van der Waals surface area contributed by atoms with E-state index in [1.165, 1.54) is 40.6 Å². The summed E-state index contributed by atoms with van der Waals surface area (Å²) in [7, 11) is 0. The van der Waals surface area contributed by atoms with E-state index in [4.69, 9.17) is 4.74 Å². The number of hydrogen-bond acceptors (Lipinski definition) is 7. The van der Waals surface area contributed by atoms with Gasteiger partial charge in [-0.05, 0) is 49.4 Å². The van der Waals surface area contributed by atoms with Crippen molar-refractivity contribution in [2.45, 2.75) is 37.0 Å². The van der Waals surface area contributed by atoms with E-state index >= 15 is 0 Å². The van der Waals surface area contributed by atoms with Gasteiger partial charge in [0.05, 0.1) is 11.8 Å². The van der Waals surface area contributed by atoms with Crippen molar-refractivity contribution in [2.75, 3.05) is 12.4 Å². The van der Waals surface area contributed by atoms with Gasteiger partial charge in [0.15, 0.2) is 18.3 Å². The van der Waals surface area contributed by atoms with Crippen LogP contribution in [-0.4, -0.2) is 29.1 Å². The minimum Gasteiger partial charge on any atom is -0.457 e.